The number of hydrogen-bond donors (Lipinski definition) is 4. The van der Waals surface area contributed by atoms with Gasteiger partial charge >= 0.3 is 0 Å². The number of aryl methyl sites for hydroxylation is 2. The maximum absolute atomic E-state index is 11.4. The van der Waals surface area contributed by atoms with Gasteiger partial charge in [0.25, 0.3) is 40.5 Å². The minimum atomic E-state index is -4.27. The minimum absolute atomic E-state index is 0.0275. The minimum Gasteiger partial charge on any atom is -0.491 e. The molecule has 4 aromatic rings. The molecule has 0 bridgehead atoms. The topological polar surface area (TPSA) is 291 Å². The SMILES string of the molecule is CCc1cc(Br)cc(Cc2cc(Br)cc(Cc3cc(Br)cc(Cc4cc(Br)cc(C)c4OCCOCCS(=O)(=O)O)c3OCCOCCS(=O)(=O)O)c2OCCOCCS(=O)(=O)O)c1OCCOCCS(=O)(=O)O. The summed E-state index contributed by atoms with van der Waals surface area (Å²) in [5, 5.41) is 0. The molecule has 0 unspecified atom stereocenters. The van der Waals surface area contributed by atoms with Crippen molar-refractivity contribution < 1.29 is 89.8 Å². The summed E-state index contributed by atoms with van der Waals surface area (Å²) in [7, 11) is -17.0. The first-order valence-electron chi connectivity index (χ1n) is 22.6. The molecule has 0 atom stereocenters. The molecule has 74 heavy (non-hydrogen) atoms. The highest BCUT2D eigenvalue weighted by molar-refractivity contribution is 9.11. The van der Waals surface area contributed by atoms with E-state index < -0.39 is 63.5 Å². The largest absolute Gasteiger partial charge is 0.491 e. The molecule has 0 aliphatic heterocycles. The van der Waals surface area contributed by atoms with Crippen LogP contribution in [0, 0.1) is 6.92 Å². The van der Waals surface area contributed by atoms with Crippen molar-refractivity contribution in [2.75, 3.05) is 102 Å². The Bertz CT molecular complexity index is 2960. The summed E-state index contributed by atoms with van der Waals surface area (Å²) in [6, 6.07) is 15.1. The van der Waals surface area contributed by atoms with Crippen molar-refractivity contribution >= 4 is 104 Å². The third-order valence-electron chi connectivity index (χ3n) is 10.3. The van der Waals surface area contributed by atoms with Crippen molar-refractivity contribution in [3.63, 3.8) is 0 Å². The zero-order valence-electron chi connectivity index (χ0n) is 40.2. The zero-order chi connectivity index (χ0) is 54.7. The highest BCUT2D eigenvalue weighted by atomic mass is 79.9. The fraction of sp³-hybridized carbons (Fsp3) is 0.478. The molecule has 0 heterocycles. The lowest BCUT2D eigenvalue weighted by atomic mass is 9.93. The van der Waals surface area contributed by atoms with E-state index in [9.17, 15) is 42.8 Å². The highest BCUT2D eigenvalue weighted by Crippen LogP contribution is 2.40. The lowest BCUT2D eigenvalue weighted by Gasteiger charge is -2.22. The summed E-state index contributed by atoms with van der Waals surface area (Å²) in [5.74, 6) is -0.367. The summed E-state index contributed by atoms with van der Waals surface area (Å²) in [5.41, 5.74) is 5.84. The van der Waals surface area contributed by atoms with E-state index in [-0.39, 0.29) is 98.5 Å². The van der Waals surface area contributed by atoms with Gasteiger partial charge in [0, 0.05) is 70.5 Å². The average Bonchev–Trinajstić information content (AvgIpc) is 3.26. The number of hydrogen-bond acceptors (Lipinski definition) is 16. The van der Waals surface area contributed by atoms with Crippen molar-refractivity contribution in [1.29, 1.82) is 0 Å². The predicted octanol–water partition coefficient (Wildman–Crippen LogP) is 7.51. The van der Waals surface area contributed by atoms with Gasteiger partial charge in [-0.05, 0) is 73.0 Å². The molecule has 4 rings (SSSR count). The van der Waals surface area contributed by atoms with Crippen molar-refractivity contribution in [2.24, 2.45) is 0 Å². The maximum atomic E-state index is 11.4. The van der Waals surface area contributed by atoms with E-state index >= 15 is 0 Å². The number of rotatable bonds is 35. The van der Waals surface area contributed by atoms with E-state index in [0.29, 0.717) is 60.6 Å². The quantitative estimate of drug-likeness (QED) is 0.0256. The van der Waals surface area contributed by atoms with Gasteiger partial charge in [0.2, 0.25) is 0 Å². The Morgan fingerprint density at radius 1 is 0.351 bits per heavy atom. The molecule has 0 radical (unpaired) electrons. The fourth-order valence-corrected chi connectivity index (χ4v) is 10.8. The number of halogens is 4. The number of benzene rings is 4. The molecule has 0 saturated heterocycles. The molecule has 28 heteroatoms. The first-order valence-corrected chi connectivity index (χ1v) is 32.2. The average molecular weight is 1380 g/mol. The second-order valence-electron chi connectivity index (χ2n) is 16.2. The summed E-state index contributed by atoms with van der Waals surface area (Å²) in [6.45, 7) is 2.80. The predicted molar refractivity (Wildman–Crippen MR) is 290 cm³/mol. The molecule has 0 aromatic heterocycles. The van der Waals surface area contributed by atoms with Crippen molar-refractivity contribution in [2.45, 2.75) is 39.5 Å². The van der Waals surface area contributed by atoms with Crippen LogP contribution in [0.2, 0.25) is 0 Å². The summed E-state index contributed by atoms with van der Waals surface area (Å²) in [4.78, 5) is 0. The van der Waals surface area contributed by atoms with Crippen molar-refractivity contribution in [3.8, 4) is 23.0 Å². The maximum Gasteiger partial charge on any atom is 0.267 e. The molecule has 0 aliphatic rings. The van der Waals surface area contributed by atoms with Crippen LogP contribution >= 0.6 is 63.7 Å². The molecule has 0 saturated carbocycles. The van der Waals surface area contributed by atoms with Crippen LogP contribution in [-0.4, -0.2) is 154 Å². The standard InChI is InChI=1S/C46H58Br4O20S4/c1-3-32-24-40(48)26-34(44(32)68-9-5-64-13-17-72(54,55)56)22-36-28-42(50)30-38(46(36)70-11-7-66-15-19-74(60,61)62)23-37-29-41(49)27-35(45(37)69-10-6-65-14-18-73(57,58)59)21-33-25-39(47)20-31(2)43(33)67-8-4-63-12-16-71(51,52)53/h20,24-30H,3-19,21-23H2,1-2H3,(H,51,52,53)(H,54,55,56)(H,57,58,59)(H,60,61,62). The van der Waals surface area contributed by atoms with E-state index in [4.69, 9.17) is 47.0 Å². The fourth-order valence-electron chi connectivity index (χ4n) is 7.24. The lowest BCUT2D eigenvalue weighted by molar-refractivity contribution is 0.109. The molecular weight excluding hydrogens is 1320 g/mol. The van der Waals surface area contributed by atoms with Gasteiger partial charge in [-0.25, -0.2) is 0 Å². The van der Waals surface area contributed by atoms with Crippen LogP contribution in [-0.2, 0) is 85.1 Å². The van der Waals surface area contributed by atoms with Crippen molar-refractivity contribution in [1.82, 2.24) is 0 Å². The van der Waals surface area contributed by atoms with Crippen LogP contribution in [0.5, 0.6) is 23.0 Å². The van der Waals surface area contributed by atoms with Crippen LogP contribution in [0.15, 0.2) is 66.4 Å². The summed E-state index contributed by atoms with van der Waals surface area (Å²) in [6.07, 6.45) is 1.26. The van der Waals surface area contributed by atoms with Crippen LogP contribution in [0.1, 0.15) is 51.4 Å². The van der Waals surface area contributed by atoms with Crippen LogP contribution in [0.25, 0.3) is 0 Å². The van der Waals surface area contributed by atoms with Gasteiger partial charge in [-0.1, -0.05) is 70.6 Å². The molecule has 20 nitrogen and oxygen atoms in total. The Hall–Kier alpha value is -2.52. The Kier molecular flexibility index (Phi) is 26.5. The molecule has 0 amide bonds. The second-order valence-corrected chi connectivity index (χ2v) is 26.2. The van der Waals surface area contributed by atoms with E-state index in [1.165, 1.54) is 0 Å². The molecule has 0 spiro atoms. The van der Waals surface area contributed by atoms with Gasteiger partial charge in [0.15, 0.2) is 0 Å². The second kappa shape index (κ2) is 30.6. The van der Waals surface area contributed by atoms with E-state index in [0.717, 1.165) is 31.2 Å². The molecule has 4 N–H and O–H groups in total. The molecule has 0 fully saturated rings. The Morgan fingerprint density at radius 2 is 0.581 bits per heavy atom. The summed E-state index contributed by atoms with van der Waals surface area (Å²) < 4.78 is 177. The third-order valence-corrected chi connectivity index (χ3v) is 14.9. The highest BCUT2D eigenvalue weighted by Gasteiger charge is 2.22. The molecular formula is C46H58Br4O20S4. The zero-order valence-corrected chi connectivity index (χ0v) is 49.8. The molecule has 414 valence electrons. The normalized spacial score (nSPS) is 12.3. The van der Waals surface area contributed by atoms with Gasteiger partial charge in [-0.2, -0.15) is 33.7 Å². The smallest absolute Gasteiger partial charge is 0.267 e. The first kappa shape index (κ1) is 64.0. The van der Waals surface area contributed by atoms with E-state index in [2.05, 4.69) is 63.7 Å². The van der Waals surface area contributed by atoms with Crippen molar-refractivity contribution in [3.05, 3.63) is 111 Å². The first-order chi connectivity index (χ1) is 34.7. The Morgan fingerprint density at radius 3 is 0.851 bits per heavy atom. The van der Waals surface area contributed by atoms with Gasteiger partial charge < -0.3 is 37.9 Å². The lowest BCUT2D eigenvalue weighted by Crippen LogP contribution is -2.16. The van der Waals surface area contributed by atoms with Gasteiger partial charge in [-0.3, -0.25) is 18.2 Å². The van der Waals surface area contributed by atoms with Gasteiger partial charge in [0.1, 0.15) is 49.4 Å². The molecule has 0 aliphatic carbocycles. The van der Waals surface area contributed by atoms with E-state index in [1.807, 2.05) is 62.4 Å². The van der Waals surface area contributed by atoms with Crippen LogP contribution in [0.4, 0.5) is 0 Å². The van der Waals surface area contributed by atoms with Crippen LogP contribution in [0.3, 0.4) is 0 Å². The summed E-state index contributed by atoms with van der Waals surface area (Å²) >= 11 is 14.6. The van der Waals surface area contributed by atoms with E-state index in [1.54, 1.807) is 0 Å². The van der Waals surface area contributed by atoms with Gasteiger partial charge in [-0.15, -0.1) is 0 Å². The third kappa shape index (κ3) is 24.4. The molecule has 4 aromatic carbocycles. The Labute approximate surface area is 466 Å². The Balaban J connectivity index is 1.80. The van der Waals surface area contributed by atoms with Gasteiger partial charge in [0.05, 0.1) is 75.9 Å². The van der Waals surface area contributed by atoms with Crippen LogP contribution < -0.4 is 18.9 Å². The monoisotopic (exact) mass is 1370 g/mol. The number of ether oxygens (including phenoxy) is 8.